The fraction of sp³-hybridized carbons (Fsp3) is 0.938. The maximum atomic E-state index is 11.5. The molecule has 0 aromatic rings. The Balaban J connectivity index is 2.43. The lowest BCUT2D eigenvalue weighted by molar-refractivity contribution is 0.274. The molecule has 0 aromatic heterocycles. The Morgan fingerprint density at radius 3 is 2.30 bits per heavy atom. The molecule has 1 unspecified atom stereocenters. The molecule has 0 aliphatic carbocycles. The number of nitrogens with one attached hydrogen (secondary N) is 2. The van der Waals surface area contributed by atoms with Crippen molar-refractivity contribution in [2.24, 2.45) is 22.7 Å². The van der Waals surface area contributed by atoms with E-state index in [9.17, 15) is 8.42 Å². The van der Waals surface area contributed by atoms with Gasteiger partial charge in [-0.1, -0.05) is 20.8 Å². The zero-order chi connectivity index (χ0) is 17.5. The Morgan fingerprint density at radius 2 is 1.83 bits per heavy atom. The van der Waals surface area contributed by atoms with Crippen molar-refractivity contribution in [1.29, 1.82) is 0 Å². The molecule has 0 aromatic carbocycles. The van der Waals surface area contributed by atoms with E-state index in [-0.39, 0.29) is 0 Å². The first-order valence-electron chi connectivity index (χ1n) is 8.71. The summed E-state index contributed by atoms with van der Waals surface area (Å²) in [5.74, 6) is 2.55. The van der Waals surface area contributed by atoms with Crippen LogP contribution in [0.2, 0.25) is 0 Å². The van der Waals surface area contributed by atoms with E-state index in [1.54, 1.807) is 4.31 Å². The number of nitrogens with zero attached hydrogens (tertiary/aromatic N) is 2. The highest BCUT2D eigenvalue weighted by atomic mass is 32.2. The molecule has 7 heteroatoms. The standard InChI is InChI=1S/C16H34N4O2S/c1-6-17-16(18-11-14(4)13(2)3)19-12-15-7-9-20(10-8-15)23(5,21)22/h13-15H,6-12H2,1-5H3,(H2,17,18,19). The molecule has 1 aliphatic heterocycles. The normalized spacial score (nSPS) is 19.8. The third-order valence-electron chi connectivity index (χ3n) is 4.62. The Kier molecular flexibility index (Phi) is 8.33. The van der Waals surface area contributed by atoms with Crippen LogP contribution in [0.5, 0.6) is 0 Å². The molecule has 0 radical (unpaired) electrons. The van der Waals surface area contributed by atoms with Gasteiger partial charge in [0.15, 0.2) is 5.96 Å². The molecule has 6 nitrogen and oxygen atoms in total. The molecule has 1 fully saturated rings. The first-order valence-corrected chi connectivity index (χ1v) is 10.6. The molecule has 1 saturated heterocycles. The number of piperidine rings is 1. The summed E-state index contributed by atoms with van der Waals surface area (Å²) in [6.07, 6.45) is 3.10. The SMILES string of the molecule is CCNC(=NCC(C)C(C)C)NCC1CCN(S(C)(=O)=O)CC1. The zero-order valence-corrected chi connectivity index (χ0v) is 16.1. The molecule has 1 atom stereocenters. The third kappa shape index (κ3) is 7.52. The second kappa shape index (κ2) is 9.47. The van der Waals surface area contributed by atoms with Gasteiger partial charge in [0.05, 0.1) is 6.26 Å². The zero-order valence-electron chi connectivity index (χ0n) is 15.3. The van der Waals surface area contributed by atoms with Crippen molar-refractivity contribution < 1.29 is 8.42 Å². The lowest BCUT2D eigenvalue weighted by Gasteiger charge is -2.30. The Morgan fingerprint density at radius 1 is 1.22 bits per heavy atom. The quantitative estimate of drug-likeness (QED) is 0.541. The van der Waals surface area contributed by atoms with E-state index < -0.39 is 10.0 Å². The van der Waals surface area contributed by atoms with Crippen molar-refractivity contribution in [2.75, 3.05) is 39.0 Å². The Hall–Kier alpha value is -0.820. The first kappa shape index (κ1) is 20.2. The Bertz CT molecular complexity index is 468. The minimum atomic E-state index is -3.04. The van der Waals surface area contributed by atoms with Crippen LogP contribution in [0.25, 0.3) is 0 Å². The highest BCUT2D eigenvalue weighted by molar-refractivity contribution is 7.88. The number of guanidine groups is 1. The second-order valence-corrected chi connectivity index (χ2v) is 8.91. The lowest BCUT2D eigenvalue weighted by Crippen LogP contribution is -2.44. The highest BCUT2D eigenvalue weighted by Gasteiger charge is 2.24. The smallest absolute Gasteiger partial charge is 0.211 e. The molecule has 0 saturated carbocycles. The molecule has 0 spiro atoms. The van der Waals surface area contributed by atoms with E-state index >= 15 is 0 Å². The van der Waals surface area contributed by atoms with Crippen molar-refractivity contribution in [2.45, 2.75) is 40.5 Å². The predicted molar refractivity (Wildman–Crippen MR) is 97.1 cm³/mol. The fourth-order valence-corrected chi connectivity index (χ4v) is 3.35. The van der Waals surface area contributed by atoms with Crippen molar-refractivity contribution in [1.82, 2.24) is 14.9 Å². The topological polar surface area (TPSA) is 73.8 Å². The summed E-state index contributed by atoms with van der Waals surface area (Å²) in [7, 11) is -3.04. The largest absolute Gasteiger partial charge is 0.357 e. The van der Waals surface area contributed by atoms with E-state index in [0.29, 0.717) is 30.8 Å². The Labute approximate surface area is 142 Å². The van der Waals surface area contributed by atoms with Crippen LogP contribution in [0, 0.1) is 17.8 Å². The van der Waals surface area contributed by atoms with E-state index in [1.165, 1.54) is 6.26 Å². The van der Waals surface area contributed by atoms with Crippen LogP contribution in [0.4, 0.5) is 0 Å². The highest BCUT2D eigenvalue weighted by Crippen LogP contribution is 2.18. The molecule has 2 N–H and O–H groups in total. The molecular formula is C16H34N4O2S. The predicted octanol–water partition coefficient (Wildman–Crippen LogP) is 1.51. The van der Waals surface area contributed by atoms with E-state index in [0.717, 1.165) is 38.4 Å². The van der Waals surface area contributed by atoms with Gasteiger partial charge in [-0.2, -0.15) is 0 Å². The monoisotopic (exact) mass is 346 g/mol. The van der Waals surface area contributed by atoms with Gasteiger partial charge in [-0.3, -0.25) is 4.99 Å². The van der Waals surface area contributed by atoms with Crippen LogP contribution < -0.4 is 10.6 Å². The minimum Gasteiger partial charge on any atom is -0.357 e. The van der Waals surface area contributed by atoms with Gasteiger partial charge >= 0.3 is 0 Å². The molecule has 0 bridgehead atoms. The fourth-order valence-electron chi connectivity index (χ4n) is 2.47. The van der Waals surface area contributed by atoms with Crippen molar-refractivity contribution >= 4 is 16.0 Å². The summed E-state index contributed by atoms with van der Waals surface area (Å²) in [6.45, 7) is 12.5. The van der Waals surface area contributed by atoms with Gasteiger partial charge in [0, 0.05) is 32.7 Å². The summed E-state index contributed by atoms with van der Waals surface area (Å²) in [6, 6.07) is 0. The van der Waals surface area contributed by atoms with E-state index in [4.69, 9.17) is 0 Å². The van der Waals surface area contributed by atoms with Crippen LogP contribution in [-0.2, 0) is 10.0 Å². The average molecular weight is 347 g/mol. The summed E-state index contributed by atoms with van der Waals surface area (Å²) >= 11 is 0. The van der Waals surface area contributed by atoms with Crippen LogP contribution in [0.1, 0.15) is 40.5 Å². The van der Waals surface area contributed by atoms with Gasteiger partial charge in [0.1, 0.15) is 0 Å². The number of hydrogen-bond acceptors (Lipinski definition) is 3. The molecule has 1 heterocycles. The number of sulfonamides is 1. The maximum absolute atomic E-state index is 11.5. The second-order valence-electron chi connectivity index (χ2n) is 6.93. The van der Waals surface area contributed by atoms with Gasteiger partial charge in [-0.25, -0.2) is 12.7 Å². The van der Waals surface area contributed by atoms with Gasteiger partial charge in [0.25, 0.3) is 0 Å². The van der Waals surface area contributed by atoms with Crippen LogP contribution in [-0.4, -0.2) is 57.7 Å². The van der Waals surface area contributed by atoms with Crippen LogP contribution in [0.3, 0.4) is 0 Å². The molecule has 0 amide bonds. The van der Waals surface area contributed by atoms with Crippen molar-refractivity contribution in [3.05, 3.63) is 0 Å². The van der Waals surface area contributed by atoms with Gasteiger partial charge in [-0.15, -0.1) is 0 Å². The molecular weight excluding hydrogens is 312 g/mol. The van der Waals surface area contributed by atoms with Gasteiger partial charge in [0.2, 0.25) is 10.0 Å². The van der Waals surface area contributed by atoms with Crippen LogP contribution in [0.15, 0.2) is 4.99 Å². The van der Waals surface area contributed by atoms with Crippen molar-refractivity contribution in [3.8, 4) is 0 Å². The lowest BCUT2D eigenvalue weighted by atomic mass is 9.98. The average Bonchev–Trinajstić information content (AvgIpc) is 2.49. The summed E-state index contributed by atoms with van der Waals surface area (Å²) < 4.78 is 24.6. The number of hydrogen-bond donors (Lipinski definition) is 2. The molecule has 1 aliphatic rings. The van der Waals surface area contributed by atoms with E-state index in [1.807, 2.05) is 0 Å². The first-order chi connectivity index (χ1) is 10.7. The van der Waals surface area contributed by atoms with Gasteiger partial charge in [-0.05, 0) is 37.5 Å². The summed E-state index contributed by atoms with van der Waals surface area (Å²) in [5.41, 5.74) is 0. The number of rotatable bonds is 7. The summed E-state index contributed by atoms with van der Waals surface area (Å²) in [5, 5.41) is 6.69. The van der Waals surface area contributed by atoms with E-state index in [2.05, 4.69) is 43.3 Å². The number of aliphatic imine (C=N–C) groups is 1. The maximum Gasteiger partial charge on any atom is 0.211 e. The third-order valence-corrected chi connectivity index (χ3v) is 5.92. The molecule has 23 heavy (non-hydrogen) atoms. The van der Waals surface area contributed by atoms with Crippen LogP contribution >= 0.6 is 0 Å². The molecule has 136 valence electrons. The van der Waals surface area contributed by atoms with Crippen molar-refractivity contribution in [3.63, 3.8) is 0 Å². The molecule has 1 rings (SSSR count). The van der Waals surface area contributed by atoms with Gasteiger partial charge < -0.3 is 10.6 Å². The summed E-state index contributed by atoms with van der Waals surface area (Å²) in [4.78, 5) is 4.66. The minimum absolute atomic E-state index is 0.499.